The fraction of sp³-hybridized carbons (Fsp3) is 0.318. The maximum atomic E-state index is 12.6. The van der Waals surface area contributed by atoms with Crippen molar-refractivity contribution in [3.8, 4) is 5.75 Å². The number of rotatable bonds is 9. The van der Waals surface area contributed by atoms with E-state index in [0.717, 1.165) is 17.7 Å². The molecule has 0 aliphatic heterocycles. The maximum Gasteiger partial charge on any atom is 0.291 e. The highest BCUT2D eigenvalue weighted by Crippen LogP contribution is 2.20. The normalized spacial score (nSPS) is 10.6. The number of aryl methyl sites for hydroxylation is 2. The van der Waals surface area contributed by atoms with Crippen LogP contribution in [0.1, 0.15) is 52.6 Å². The van der Waals surface area contributed by atoms with E-state index in [1.165, 1.54) is 0 Å². The molecular weight excluding hydrogens is 384 g/mol. The number of amides is 2. The van der Waals surface area contributed by atoms with Crippen molar-refractivity contribution in [2.24, 2.45) is 0 Å². The summed E-state index contributed by atoms with van der Waals surface area (Å²) in [6.45, 7) is 7.14. The van der Waals surface area contributed by atoms with Crippen LogP contribution in [0.2, 0.25) is 0 Å². The van der Waals surface area contributed by atoms with E-state index >= 15 is 0 Å². The molecule has 158 valence electrons. The van der Waals surface area contributed by atoms with Gasteiger partial charge < -0.3 is 19.8 Å². The third kappa shape index (κ3) is 5.08. The van der Waals surface area contributed by atoms with Gasteiger partial charge in [0.2, 0.25) is 0 Å². The standard InChI is InChI=1S/C22H26N4O4/c1-4-12-23-22(28)20-17(13-26(5-2)25-20)24-21(27)19-11-10-16(30-19)14-29-18-9-7-6-8-15(18)3/h6-11,13H,4-5,12,14H2,1-3H3,(H,23,28)(H,24,27). The largest absolute Gasteiger partial charge is 0.485 e. The van der Waals surface area contributed by atoms with Crippen LogP contribution in [0.15, 0.2) is 47.0 Å². The number of nitrogens with one attached hydrogen (secondary N) is 2. The van der Waals surface area contributed by atoms with Gasteiger partial charge in [-0.25, -0.2) is 0 Å². The molecule has 3 aromatic rings. The minimum atomic E-state index is -0.461. The van der Waals surface area contributed by atoms with Crippen LogP contribution < -0.4 is 15.4 Å². The smallest absolute Gasteiger partial charge is 0.291 e. The molecule has 0 radical (unpaired) electrons. The van der Waals surface area contributed by atoms with E-state index in [2.05, 4.69) is 15.7 Å². The average molecular weight is 410 g/mol. The molecule has 30 heavy (non-hydrogen) atoms. The van der Waals surface area contributed by atoms with Crippen molar-refractivity contribution >= 4 is 17.5 Å². The molecule has 8 nitrogen and oxygen atoms in total. The molecule has 0 atom stereocenters. The van der Waals surface area contributed by atoms with Crippen molar-refractivity contribution in [3.63, 3.8) is 0 Å². The van der Waals surface area contributed by atoms with Crippen LogP contribution in [-0.4, -0.2) is 28.1 Å². The molecule has 2 heterocycles. The molecule has 1 aromatic carbocycles. The van der Waals surface area contributed by atoms with Gasteiger partial charge in [-0.2, -0.15) is 5.10 Å². The molecule has 2 aromatic heterocycles. The highest BCUT2D eigenvalue weighted by molar-refractivity contribution is 6.07. The number of para-hydroxylation sites is 1. The summed E-state index contributed by atoms with van der Waals surface area (Å²) in [5.41, 5.74) is 1.53. The Morgan fingerprint density at radius 2 is 1.93 bits per heavy atom. The number of anilines is 1. The van der Waals surface area contributed by atoms with Crippen molar-refractivity contribution in [3.05, 3.63) is 65.4 Å². The zero-order chi connectivity index (χ0) is 21.5. The summed E-state index contributed by atoms with van der Waals surface area (Å²) in [5.74, 6) is 0.620. The fourth-order valence-corrected chi connectivity index (χ4v) is 2.79. The van der Waals surface area contributed by atoms with E-state index in [1.807, 2.05) is 45.0 Å². The number of hydrogen-bond acceptors (Lipinski definition) is 5. The number of hydrogen-bond donors (Lipinski definition) is 2. The van der Waals surface area contributed by atoms with E-state index in [0.29, 0.717) is 24.5 Å². The second-order valence-corrected chi connectivity index (χ2v) is 6.78. The maximum absolute atomic E-state index is 12.6. The molecule has 0 bridgehead atoms. The Balaban J connectivity index is 1.67. The molecule has 0 fully saturated rings. The summed E-state index contributed by atoms with van der Waals surface area (Å²) in [6.07, 6.45) is 2.44. The van der Waals surface area contributed by atoms with Crippen molar-refractivity contribution in [2.45, 2.75) is 40.3 Å². The summed E-state index contributed by atoms with van der Waals surface area (Å²) >= 11 is 0. The van der Waals surface area contributed by atoms with Gasteiger partial charge in [0, 0.05) is 19.3 Å². The molecule has 0 aliphatic carbocycles. The summed E-state index contributed by atoms with van der Waals surface area (Å²) in [5, 5.41) is 9.74. The number of carbonyl (C=O) groups excluding carboxylic acids is 2. The molecule has 0 aliphatic rings. The van der Waals surface area contributed by atoms with Crippen molar-refractivity contribution in [1.29, 1.82) is 0 Å². The lowest BCUT2D eigenvalue weighted by Crippen LogP contribution is -2.26. The Morgan fingerprint density at radius 1 is 1.13 bits per heavy atom. The van der Waals surface area contributed by atoms with Crippen molar-refractivity contribution in [2.75, 3.05) is 11.9 Å². The predicted molar refractivity (Wildman–Crippen MR) is 113 cm³/mol. The lowest BCUT2D eigenvalue weighted by Gasteiger charge is -2.07. The van der Waals surface area contributed by atoms with Crippen molar-refractivity contribution in [1.82, 2.24) is 15.1 Å². The molecule has 3 rings (SSSR count). The molecule has 2 amide bonds. The van der Waals surface area contributed by atoms with Gasteiger partial charge in [0.25, 0.3) is 11.8 Å². The van der Waals surface area contributed by atoms with Gasteiger partial charge in [-0.3, -0.25) is 14.3 Å². The van der Waals surface area contributed by atoms with E-state index in [9.17, 15) is 9.59 Å². The van der Waals surface area contributed by atoms with Gasteiger partial charge in [0.15, 0.2) is 11.5 Å². The third-order valence-corrected chi connectivity index (χ3v) is 4.43. The third-order valence-electron chi connectivity index (χ3n) is 4.43. The van der Waals surface area contributed by atoms with Crippen LogP contribution >= 0.6 is 0 Å². The van der Waals surface area contributed by atoms with E-state index in [-0.39, 0.29) is 24.0 Å². The quantitative estimate of drug-likeness (QED) is 0.559. The summed E-state index contributed by atoms with van der Waals surface area (Å²) < 4.78 is 13.0. The number of benzene rings is 1. The number of carbonyl (C=O) groups is 2. The molecule has 0 spiro atoms. The molecule has 0 saturated heterocycles. The van der Waals surface area contributed by atoms with Crippen LogP contribution in [0.4, 0.5) is 5.69 Å². The Kier molecular flexibility index (Phi) is 6.90. The topological polar surface area (TPSA) is 98.4 Å². The van der Waals surface area contributed by atoms with Crippen LogP contribution in [0.3, 0.4) is 0 Å². The zero-order valence-electron chi connectivity index (χ0n) is 17.4. The van der Waals surface area contributed by atoms with Gasteiger partial charge >= 0.3 is 0 Å². The fourth-order valence-electron chi connectivity index (χ4n) is 2.79. The first-order valence-electron chi connectivity index (χ1n) is 9.96. The van der Waals surface area contributed by atoms with Crippen LogP contribution in [0, 0.1) is 6.92 Å². The second kappa shape index (κ2) is 9.78. The summed E-state index contributed by atoms with van der Waals surface area (Å²) in [4.78, 5) is 25.0. The number of ether oxygens (including phenoxy) is 1. The SMILES string of the molecule is CCCNC(=O)c1nn(CC)cc1NC(=O)c1ccc(COc2ccccc2C)o1. The Bertz CT molecular complexity index is 1020. The van der Waals surface area contributed by atoms with Gasteiger partial charge in [0.1, 0.15) is 18.1 Å². The lowest BCUT2D eigenvalue weighted by molar-refractivity contribution is 0.0948. The average Bonchev–Trinajstić information content (AvgIpc) is 3.38. The first kappa shape index (κ1) is 21.2. The van der Waals surface area contributed by atoms with Gasteiger partial charge in [0.05, 0.1) is 5.69 Å². The van der Waals surface area contributed by atoms with Crippen LogP contribution in [0.5, 0.6) is 5.75 Å². The highest BCUT2D eigenvalue weighted by Gasteiger charge is 2.20. The number of aromatic nitrogens is 2. The first-order chi connectivity index (χ1) is 14.5. The van der Waals surface area contributed by atoms with E-state index in [1.54, 1.807) is 23.0 Å². The van der Waals surface area contributed by atoms with Crippen LogP contribution in [-0.2, 0) is 13.2 Å². The monoisotopic (exact) mass is 410 g/mol. The van der Waals surface area contributed by atoms with Gasteiger partial charge in [-0.15, -0.1) is 0 Å². The zero-order valence-corrected chi connectivity index (χ0v) is 17.4. The predicted octanol–water partition coefficient (Wildman–Crippen LogP) is 3.78. The first-order valence-corrected chi connectivity index (χ1v) is 9.96. The van der Waals surface area contributed by atoms with Crippen molar-refractivity contribution < 1.29 is 18.7 Å². The molecular formula is C22H26N4O4. The molecule has 2 N–H and O–H groups in total. The Labute approximate surface area is 175 Å². The van der Waals surface area contributed by atoms with E-state index in [4.69, 9.17) is 9.15 Å². The summed E-state index contributed by atoms with van der Waals surface area (Å²) in [7, 11) is 0. The molecule has 8 heteroatoms. The van der Waals surface area contributed by atoms with E-state index < -0.39 is 5.91 Å². The summed E-state index contributed by atoms with van der Waals surface area (Å²) in [6, 6.07) is 10.9. The molecule has 0 saturated carbocycles. The minimum Gasteiger partial charge on any atom is -0.485 e. The molecule has 0 unspecified atom stereocenters. The van der Waals surface area contributed by atoms with Gasteiger partial charge in [-0.1, -0.05) is 25.1 Å². The second-order valence-electron chi connectivity index (χ2n) is 6.78. The lowest BCUT2D eigenvalue weighted by atomic mass is 10.2. The number of furan rings is 1. The highest BCUT2D eigenvalue weighted by atomic mass is 16.5. The van der Waals surface area contributed by atoms with Crippen LogP contribution in [0.25, 0.3) is 0 Å². The minimum absolute atomic E-state index is 0.127. The Hall–Kier alpha value is -3.55. The van der Waals surface area contributed by atoms with Gasteiger partial charge in [-0.05, 0) is 44.0 Å². The Morgan fingerprint density at radius 3 is 2.67 bits per heavy atom. The number of nitrogens with zero attached hydrogens (tertiary/aromatic N) is 2.